The molecule has 0 bridgehead atoms. The Morgan fingerprint density at radius 3 is 1.98 bits per heavy atom. The number of rotatable bonds is 6. The fraction of sp³-hybridized carbons (Fsp3) is 0.576. The van der Waals surface area contributed by atoms with E-state index in [1.165, 1.54) is 19.5 Å². The van der Waals surface area contributed by atoms with E-state index in [1.54, 1.807) is 18.7 Å². The summed E-state index contributed by atoms with van der Waals surface area (Å²) in [5, 5.41) is 7.91. The van der Waals surface area contributed by atoms with Crippen molar-refractivity contribution in [2.45, 2.75) is 114 Å². The minimum absolute atomic E-state index is 0.0306. The van der Waals surface area contributed by atoms with E-state index in [0.717, 1.165) is 48.4 Å². The third-order valence-corrected chi connectivity index (χ3v) is 5.98. The van der Waals surface area contributed by atoms with Crippen molar-refractivity contribution < 1.29 is 29.1 Å². The van der Waals surface area contributed by atoms with Crippen LogP contribution < -0.4 is 10.2 Å². The normalized spacial score (nSPS) is 15.0. The first-order valence-corrected chi connectivity index (χ1v) is 15.0. The lowest BCUT2D eigenvalue weighted by Crippen LogP contribution is -2.52. The number of amides is 2. The summed E-state index contributed by atoms with van der Waals surface area (Å²) in [5.41, 5.74) is 4.75. The zero-order chi connectivity index (χ0) is 32.7. The molecule has 1 aromatic heterocycles. The van der Waals surface area contributed by atoms with Crippen LogP contribution in [0.4, 0.5) is 0 Å². The van der Waals surface area contributed by atoms with Crippen molar-refractivity contribution in [1.29, 1.82) is 0 Å². The van der Waals surface area contributed by atoms with Crippen LogP contribution in [0.5, 0.6) is 5.75 Å². The molecule has 0 saturated carbocycles. The van der Waals surface area contributed by atoms with Gasteiger partial charge in [0.2, 0.25) is 11.8 Å². The number of nitrogens with zero attached hydrogens (tertiary/aromatic N) is 2. The highest BCUT2D eigenvalue weighted by Gasteiger charge is 2.36. The van der Waals surface area contributed by atoms with Crippen molar-refractivity contribution in [1.82, 2.24) is 15.4 Å². The summed E-state index contributed by atoms with van der Waals surface area (Å²) < 4.78 is 10.4. The molecule has 42 heavy (non-hydrogen) atoms. The molecule has 1 fully saturated rings. The van der Waals surface area contributed by atoms with Crippen molar-refractivity contribution in [3.8, 4) is 5.75 Å². The maximum Gasteiger partial charge on any atom is 0.328 e. The summed E-state index contributed by atoms with van der Waals surface area (Å²) >= 11 is 0. The van der Waals surface area contributed by atoms with E-state index in [9.17, 15) is 14.4 Å². The molecule has 1 aromatic carbocycles. The Hall–Kier alpha value is -3.46. The van der Waals surface area contributed by atoms with Crippen molar-refractivity contribution in [3.63, 3.8) is 0 Å². The molecule has 1 saturated heterocycles. The van der Waals surface area contributed by atoms with E-state index >= 15 is 0 Å². The van der Waals surface area contributed by atoms with Crippen molar-refractivity contribution in [2.24, 2.45) is 5.92 Å². The van der Waals surface area contributed by atoms with Crippen LogP contribution in [0, 0.1) is 19.8 Å². The smallest absolute Gasteiger partial charge is 0.328 e. The fourth-order valence-electron chi connectivity index (χ4n) is 4.14. The minimum Gasteiger partial charge on any atom is -0.489 e. The fourth-order valence-corrected chi connectivity index (χ4v) is 4.14. The molecule has 2 amide bonds. The summed E-state index contributed by atoms with van der Waals surface area (Å²) in [4.78, 5) is 39.2. The van der Waals surface area contributed by atoms with Gasteiger partial charge in [0.15, 0.2) is 0 Å². The van der Waals surface area contributed by atoms with Crippen LogP contribution in [0.15, 0.2) is 42.5 Å². The van der Waals surface area contributed by atoms with E-state index in [0.29, 0.717) is 6.61 Å². The Bertz CT molecular complexity index is 994. The summed E-state index contributed by atoms with van der Waals surface area (Å²) in [6, 6.07) is 13.8. The first-order valence-electron chi connectivity index (χ1n) is 15.0. The lowest BCUT2D eigenvalue weighted by atomic mass is 9.94. The summed E-state index contributed by atoms with van der Waals surface area (Å²) in [6.07, 6.45) is 3.60. The van der Waals surface area contributed by atoms with Gasteiger partial charge in [-0.05, 0) is 69.4 Å². The second kappa shape index (κ2) is 24.2. The number of likely N-dealkylation sites (tertiary alicyclic amines) is 1. The van der Waals surface area contributed by atoms with Crippen LogP contribution in [0.25, 0.3) is 0 Å². The SMILES string of the molecule is CC.CC.CC(C)C(=O)NO.CCC1CCCC(C(=O)OC)N1C(C)=O.Cc1cc(COc2ccccc2)cc(C)n1. The summed E-state index contributed by atoms with van der Waals surface area (Å²) in [6.45, 7) is 19.5. The molecular weight excluding hydrogens is 534 g/mol. The third kappa shape index (κ3) is 16.1. The highest BCUT2D eigenvalue weighted by molar-refractivity contribution is 5.83. The number of carbonyl (C=O) groups excluding carboxylic acids is 3. The van der Waals surface area contributed by atoms with Crippen LogP contribution in [-0.4, -0.2) is 52.1 Å². The molecule has 2 aromatic rings. The molecule has 0 spiro atoms. The van der Waals surface area contributed by atoms with Gasteiger partial charge in [-0.3, -0.25) is 19.8 Å². The van der Waals surface area contributed by atoms with Crippen molar-refractivity contribution >= 4 is 17.8 Å². The van der Waals surface area contributed by atoms with E-state index in [4.69, 9.17) is 14.7 Å². The number of piperidine rings is 1. The number of aryl methyl sites for hydroxylation is 2. The molecule has 2 N–H and O–H groups in total. The van der Waals surface area contributed by atoms with Gasteiger partial charge in [0.25, 0.3) is 0 Å². The number of esters is 1. The van der Waals surface area contributed by atoms with Crippen molar-refractivity contribution in [2.75, 3.05) is 7.11 Å². The zero-order valence-electron chi connectivity index (χ0n) is 27.7. The number of nitrogens with one attached hydrogen (secondary N) is 1. The highest BCUT2D eigenvalue weighted by atomic mass is 16.5. The number of ether oxygens (including phenoxy) is 2. The number of benzene rings is 1. The van der Waals surface area contributed by atoms with Gasteiger partial charge in [-0.2, -0.15) is 0 Å². The van der Waals surface area contributed by atoms with Crippen LogP contribution in [0.2, 0.25) is 0 Å². The third-order valence-electron chi connectivity index (χ3n) is 5.98. The quantitative estimate of drug-likeness (QED) is 0.216. The van der Waals surface area contributed by atoms with Gasteiger partial charge < -0.3 is 14.4 Å². The van der Waals surface area contributed by atoms with Gasteiger partial charge in [-0.25, -0.2) is 10.3 Å². The number of carbonyl (C=O) groups is 3. The van der Waals surface area contributed by atoms with Gasteiger partial charge in [-0.1, -0.05) is 66.7 Å². The van der Waals surface area contributed by atoms with Gasteiger partial charge in [-0.15, -0.1) is 0 Å². The number of hydrogen-bond donors (Lipinski definition) is 2. The number of aromatic nitrogens is 1. The molecular formula is C33H55N3O6. The largest absolute Gasteiger partial charge is 0.489 e. The summed E-state index contributed by atoms with van der Waals surface area (Å²) in [5.74, 6) is 0.0971. The number of hydrogen-bond acceptors (Lipinski definition) is 7. The second-order valence-electron chi connectivity index (χ2n) is 9.45. The van der Waals surface area contributed by atoms with E-state index < -0.39 is 0 Å². The number of methoxy groups -OCH3 is 1. The van der Waals surface area contributed by atoms with Gasteiger partial charge >= 0.3 is 5.97 Å². The maximum atomic E-state index is 11.5. The van der Waals surface area contributed by atoms with E-state index in [-0.39, 0.29) is 35.8 Å². The molecule has 1 aliphatic rings. The first kappa shape index (κ1) is 40.7. The minimum atomic E-state index is -0.369. The van der Waals surface area contributed by atoms with Gasteiger partial charge in [0.1, 0.15) is 18.4 Å². The topological polar surface area (TPSA) is 118 Å². The Balaban J connectivity index is 0. The zero-order valence-corrected chi connectivity index (χ0v) is 27.7. The lowest BCUT2D eigenvalue weighted by molar-refractivity contribution is -0.156. The van der Waals surface area contributed by atoms with E-state index in [1.807, 2.05) is 78.8 Å². The predicted molar refractivity (Wildman–Crippen MR) is 168 cm³/mol. The Morgan fingerprint density at radius 1 is 1.02 bits per heavy atom. The van der Waals surface area contributed by atoms with Crippen LogP contribution in [0.3, 0.4) is 0 Å². The molecule has 1 aliphatic heterocycles. The number of para-hydroxylation sites is 1. The average molecular weight is 590 g/mol. The molecule has 0 radical (unpaired) electrons. The standard InChI is InChI=1S/C14H15NO.C11H19NO3.C4H9NO2.2C2H6/c1-11-8-13(9-12(2)15-11)10-16-14-6-4-3-5-7-14;1-4-9-6-5-7-10(11(14)15-3)12(9)8(2)13;1-3(2)4(6)5-7;2*1-2/h3-9H,10H2,1-2H3;9-10H,4-7H2,1-3H3;3,7H,1-2H3,(H,5,6);2*1-2H3. The number of hydroxylamine groups is 1. The Morgan fingerprint density at radius 2 is 1.57 bits per heavy atom. The average Bonchev–Trinajstić information content (AvgIpc) is 3.01. The summed E-state index contributed by atoms with van der Waals surface area (Å²) in [7, 11) is 1.37. The number of pyridine rings is 1. The predicted octanol–water partition coefficient (Wildman–Crippen LogP) is 6.82. The van der Waals surface area contributed by atoms with E-state index in [2.05, 4.69) is 17.1 Å². The highest BCUT2D eigenvalue weighted by Crippen LogP contribution is 2.25. The molecule has 9 heteroatoms. The van der Waals surface area contributed by atoms with Crippen LogP contribution >= 0.6 is 0 Å². The van der Waals surface area contributed by atoms with Gasteiger partial charge in [0.05, 0.1) is 7.11 Å². The maximum absolute atomic E-state index is 11.5. The second-order valence-corrected chi connectivity index (χ2v) is 9.45. The van der Waals surface area contributed by atoms with Crippen LogP contribution in [0.1, 0.15) is 98.0 Å². The Kier molecular flexibility index (Phi) is 23.4. The molecule has 238 valence electrons. The van der Waals surface area contributed by atoms with Gasteiger partial charge in [0, 0.05) is 30.3 Å². The Labute approximate surface area is 254 Å². The molecule has 2 atom stereocenters. The molecule has 9 nitrogen and oxygen atoms in total. The molecule has 2 unspecified atom stereocenters. The van der Waals surface area contributed by atoms with Crippen LogP contribution in [-0.2, 0) is 25.7 Å². The first-order chi connectivity index (χ1) is 20.0. The van der Waals surface area contributed by atoms with Crippen molar-refractivity contribution in [3.05, 3.63) is 59.4 Å². The molecule has 2 heterocycles. The molecule has 3 rings (SSSR count). The lowest BCUT2D eigenvalue weighted by Gasteiger charge is -2.39. The monoisotopic (exact) mass is 589 g/mol. The molecule has 0 aliphatic carbocycles.